The Morgan fingerprint density at radius 1 is 1.16 bits per heavy atom. The first-order chi connectivity index (χ1) is 8.90. The predicted octanol–water partition coefficient (Wildman–Crippen LogP) is 4.31. The van der Waals surface area contributed by atoms with E-state index in [2.05, 4.69) is 33.0 Å². The van der Waals surface area contributed by atoms with Gasteiger partial charge in [-0.3, -0.25) is 0 Å². The highest BCUT2D eigenvalue weighted by atomic mass is 19.2. The third kappa shape index (κ3) is 4.57. The number of benzene rings is 1. The van der Waals surface area contributed by atoms with Gasteiger partial charge in [0.05, 0.1) is 0 Å². The van der Waals surface area contributed by atoms with Crippen LogP contribution in [0.2, 0.25) is 0 Å². The predicted molar refractivity (Wildman–Crippen MR) is 76.2 cm³/mol. The highest BCUT2D eigenvalue weighted by Gasteiger charge is 2.27. The first-order valence-corrected chi connectivity index (χ1v) is 7.08. The molecule has 0 aliphatic carbocycles. The molecule has 0 radical (unpaired) electrons. The van der Waals surface area contributed by atoms with Crippen molar-refractivity contribution in [1.82, 2.24) is 5.32 Å². The summed E-state index contributed by atoms with van der Waals surface area (Å²) >= 11 is 0. The van der Waals surface area contributed by atoms with E-state index in [4.69, 9.17) is 0 Å². The fourth-order valence-corrected chi connectivity index (χ4v) is 2.09. The maximum atomic E-state index is 13.3. The van der Waals surface area contributed by atoms with Crippen molar-refractivity contribution in [2.24, 2.45) is 5.41 Å². The summed E-state index contributed by atoms with van der Waals surface area (Å²) in [6.07, 6.45) is 2.82. The minimum Gasteiger partial charge on any atom is -0.313 e. The van der Waals surface area contributed by atoms with Gasteiger partial charge in [-0.15, -0.1) is 0 Å². The van der Waals surface area contributed by atoms with Crippen LogP contribution >= 0.6 is 0 Å². The molecule has 0 heterocycles. The minimum atomic E-state index is -0.781. The number of hydrogen-bond donors (Lipinski definition) is 1. The highest BCUT2D eigenvalue weighted by molar-refractivity contribution is 5.19. The molecule has 0 aliphatic heterocycles. The van der Waals surface area contributed by atoms with Crippen LogP contribution in [0.3, 0.4) is 0 Å². The zero-order valence-electron chi connectivity index (χ0n) is 12.4. The van der Waals surface area contributed by atoms with Crippen molar-refractivity contribution in [2.45, 2.75) is 53.0 Å². The number of hydrogen-bond acceptors (Lipinski definition) is 1. The van der Waals surface area contributed by atoms with E-state index in [0.717, 1.165) is 31.4 Å². The second-order valence-corrected chi connectivity index (χ2v) is 5.80. The Morgan fingerprint density at radius 2 is 1.84 bits per heavy atom. The number of halogens is 2. The van der Waals surface area contributed by atoms with Crippen molar-refractivity contribution in [3.63, 3.8) is 0 Å². The molecule has 0 saturated heterocycles. The van der Waals surface area contributed by atoms with E-state index < -0.39 is 11.6 Å². The van der Waals surface area contributed by atoms with Gasteiger partial charge in [0.1, 0.15) is 0 Å². The maximum absolute atomic E-state index is 13.3. The number of nitrogens with one attached hydrogen (secondary N) is 1. The molecule has 0 spiro atoms. The van der Waals surface area contributed by atoms with Gasteiger partial charge in [0.25, 0.3) is 0 Å². The summed E-state index contributed by atoms with van der Waals surface area (Å²) in [5.74, 6) is -1.54. The lowest BCUT2D eigenvalue weighted by atomic mass is 9.79. The minimum absolute atomic E-state index is 0.125. The molecular formula is C16H25F2N. The van der Waals surface area contributed by atoms with E-state index in [1.54, 1.807) is 6.07 Å². The van der Waals surface area contributed by atoms with Crippen molar-refractivity contribution in [3.8, 4) is 0 Å². The van der Waals surface area contributed by atoms with Crippen LogP contribution in [-0.2, 0) is 6.42 Å². The molecule has 0 saturated carbocycles. The van der Waals surface area contributed by atoms with E-state index in [9.17, 15) is 8.78 Å². The Labute approximate surface area is 115 Å². The van der Waals surface area contributed by atoms with E-state index in [-0.39, 0.29) is 11.5 Å². The van der Waals surface area contributed by atoms with Gasteiger partial charge in [-0.2, -0.15) is 0 Å². The summed E-state index contributed by atoms with van der Waals surface area (Å²) in [7, 11) is 0. The van der Waals surface area contributed by atoms with E-state index >= 15 is 0 Å². The van der Waals surface area contributed by atoms with Crippen LogP contribution in [0.4, 0.5) is 8.78 Å². The first kappa shape index (κ1) is 16.1. The summed E-state index contributed by atoms with van der Waals surface area (Å²) in [4.78, 5) is 0. The SMILES string of the molecule is CCCNC(Cc1ccc(F)c(F)c1)C(C)(C)CC. The van der Waals surface area contributed by atoms with Crippen LogP contribution in [0, 0.1) is 17.0 Å². The standard InChI is InChI=1S/C16H25F2N/c1-5-9-19-15(16(3,4)6-2)11-12-7-8-13(17)14(18)10-12/h7-8,10,15,19H,5-6,9,11H2,1-4H3. The smallest absolute Gasteiger partial charge is 0.159 e. The average Bonchev–Trinajstić information content (AvgIpc) is 2.38. The summed E-state index contributed by atoms with van der Waals surface area (Å²) in [6, 6.07) is 4.45. The third-order valence-electron chi connectivity index (χ3n) is 3.92. The van der Waals surface area contributed by atoms with E-state index in [1.165, 1.54) is 12.1 Å². The molecule has 1 atom stereocenters. The molecule has 1 aromatic rings. The Hall–Kier alpha value is -0.960. The van der Waals surface area contributed by atoms with Crippen molar-refractivity contribution in [2.75, 3.05) is 6.54 Å². The van der Waals surface area contributed by atoms with Crippen molar-refractivity contribution >= 4 is 0 Å². The van der Waals surface area contributed by atoms with E-state index in [0.29, 0.717) is 0 Å². The van der Waals surface area contributed by atoms with Gasteiger partial charge in [0.2, 0.25) is 0 Å². The molecule has 0 bridgehead atoms. The molecule has 1 aromatic carbocycles. The van der Waals surface area contributed by atoms with Gasteiger partial charge in [-0.25, -0.2) is 8.78 Å². The van der Waals surface area contributed by atoms with Crippen molar-refractivity contribution in [1.29, 1.82) is 0 Å². The summed E-state index contributed by atoms with van der Waals surface area (Å²) in [5.41, 5.74) is 0.967. The van der Waals surface area contributed by atoms with Gasteiger partial charge in [-0.05, 0) is 48.9 Å². The van der Waals surface area contributed by atoms with Gasteiger partial charge in [0.15, 0.2) is 11.6 Å². The van der Waals surface area contributed by atoms with Gasteiger partial charge >= 0.3 is 0 Å². The Bertz CT molecular complexity index is 402. The Kier molecular flexibility index (Phi) is 5.92. The molecule has 0 amide bonds. The second-order valence-electron chi connectivity index (χ2n) is 5.80. The Morgan fingerprint density at radius 3 is 2.37 bits per heavy atom. The van der Waals surface area contributed by atoms with Gasteiger partial charge in [-0.1, -0.05) is 33.8 Å². The van der Waals surface area contributed by atoms with Crippen LogP contribution in [0.1, 0.15) is 46.1 Å². The van der Waals surface area contributed by atoms with Crippen LogP contribution in [-0.4, -0.2) is 12.6 Å². The first-order valence-electron chi connectivity index (χ1n) is 7.08. The normalized spacial score (nSPS) is 13.6. The van der Waals surface area contributed by atoms with Crippen molar-refractivity contribution < 1.29 is 8.78 Å². The summed E-state index contributed by atoms with van der Waals surface area (Å²) < 4.78 is 26.2. The molecule has 19 heavy (non-hydrogen) atoms. The zero-order chi connectivity index (χ0) is 14.5. The topological polar surface area (TPSA) is 12.0 Å². The van der Waals surface area contributed by atoms with Crippen LogP contribution in [0.15, 0.2) is 18.2 Å². The Balaban J connectivity index is 2.84. The molecule has 0 fully saturated rings. The summed E-state index contributed by atoms with van der Waals surface area (Å²) in [5, 5.41) is 3.53. The van der Waals surface area contributed by atoms with Crippen LogP contribution in [0.5, 0.6) is 0 Å². The lowest BCUT2D eigenvalue weighted by molar-refractivity contribution is 0.230. The fraction of sp³-hybridized carbons (Fsp3) is 0.625. The molecule has 1 rings (SSSR count). The molecule has 0 aliphatic rings. The number of rotatable bonds is 7. The molecule has 108 valence electrons. The second kappa shape index (κ2) is 6.99. The van der Waals surface area contributed by atoms with Crippen LogP contribution in [0.25, 0.3) is 0 Å². The molecule has 1 nitrogen and oxygen atoms in total. The maximum Gasteiger partial charge on any atom is 0.159 e. The van der Waals surface area contributed by atoms with E-state index in [1.807, 2.05) is 0 Å². The largest absolute Gasteiger partial charge is 0.313 e. The molecule has 1 unspecified atom stereocenters. The summed E-state index contributed by atoms with van der Waals surface area (Å²) in [6.45, 7) is 9.64. The quantitative estimate of drug-likeness (QED) is 0.777. The average molecular weight is 269 g/mol. The monoisotopic (exact) mass is 269 g/mol. The lowest BCUT2D eigenvalue weighted by Gasteiger charge is -2.34. The zero-order valence-corrected chi connectivity index (χ0v) is 12.4. The lowest BCUT2D eigenvalue weighted by Crippen LogP contribution is -2.43. The fourth-order valence-electron chi connectivity index (χ4n) is 2.09. The molecular weight excluding hydrogens is 244 g/mol. The van der Waals surface area contributed by atoms with Crippen molar-refractivity contribution in [3.05, 3.63) is 35.4 Å². The van der Waals surface area contributed by atoms with Gasteiger partial charge < -0.3 is 5.32 Å². The van der Waals surface area contributed by atoms with Gasteiger partial charge in [0, 0.05) is 6.04 Å². The highest BCUT2D eigenvalue weighted by Crippen LogP contribution is 2.27. The molecule has 0 aromatic heterocycles. The third-order valence-corrected chi connectivity index (χ3v) is 3.92. The molecule has 3 heteroatoms. The molecule has 1 N–H and O–H groups in total. The van der Waals surface area contributed by atoms with Crippen LogP contribution < -0.4 is 5.32 Å².